The third-order valence-electron chi connectivity index (χ3n) is 7.97. The minimum absolute atomic E-state index is 0.0458. The number of aliphatic carboxylic acids is 1. The number of phenols is 1. The van der Waals surface area contributed by atoms with Gasteiger partial charge in [-0.2, -0.15) is 0 Å². The number of aliphatic hydroxyl groups excluding tert-OH is 1. The molecule has 2 heterocycles. The fourth-order valence-electron chi connectivity index (χ4n) is 6.26. The lowest BCUT2D eigenvalue weighted by Crippen LogP contribution is -2.74. The Labute approximate surface area is 200 Å². The SMILES string of the molecule is C[C@H](NC(=O)C[C@H](O)C(=O)O)C(=O)OC1=CC[C@@]2(O)[C@H]3Cc4ccc(O)c5c4C2(CCN3C)C1O5. The van der Waals surface area contributed by atoms with Gasteiger partial charge in [0, 0.05) is 18.0 Å². The molecule has 1 amide bonds. The van der Waals surface area contributed by atoms with Crippen LogP contribution in [0.1, 0.15) is 37.3 Å². The Hall–Kier alpha value is -3.15. The van der Waals surface area contributed by atoms with Crippen molar-refractivity contribution >= 4 is 17.8 Å². The maximum absolute atomic E-state index is 12.8. The Morgan fingerprint density at radius 2 is 2.09 bits per heavy atom. The van der Waals surface area contributed by atoms with Crippen LogP contribution in [0.15, 0.2) is 24.0 Å². The number of esters is 1. The average Bonchev–Trinajstić information content (AvgIpc) is 3.15. The lowest BCUT2D eigenvalue weighted by molar-refractivity contribution is -0.170. The van der Waals surface area contributed by atoms with Crippen LogP contribution in [-0.2, 0) is 31.0 Å². The van der Waals surface area contributed by atoms with Crippen molar-refractivity contribution in [3.8, 4) is 11.5 Å². The van der Waals surface area contributed by atoms with Gasteiger partial charge in [-0.3, -0.25) is 4.79 Å². The molecule has 11 nitrogen and oxygen atoms in total. The molecule has 2 unspecified atom stereocenters. The number of carbonyl (C=O) groups is 3. The van der Waals surface area contributed by atoms with Crippen molar-refractivity contribution in [2.45, 2.75) is 67.9 Å². The summed E-state index contributed by atoms with van der Waals surface area (Å²) in [7, 11) is 1.97. The summed E-state index contributed by atoms with van der Waals surface area (Å²) in [5.74, 6) is -2.73. The number of carbonyl (C=O) groups excluding carboxylic acids is 2. The van der Waals surface area contributed by atoms with Gasteiger partial charge >= 0.3 is 11.9 Å². The second-order valence-electron chi connectivity index (χ2n) is 9.87. The number of hydrogen-bond donors (Lipinski definition) is 5. The molecule has 2 aliphatic carbocycles. The highest BCUT2D eigenvalue weighted by molar-refractivity contribution is 5.87. The molecular weight excluding hydrogens is 460 g/mol. The molecule has 0 aromatic heterocycles. The highest BCUT2D eigenvalue weighted by Gasteiger charge is 2.72. The van der Waals surface area contributed by atoms with E-state index in [0.29, 0.717) is 25.1 Å². The van der Waals surface area contributed by atoms with E-state index in [2.05, 4.69) is 10.2 Å². The van der Waals surface area contributed by atoms with E-state index in [0.717, 1.165) is 11.1 Å². The summed E-state index contributed by atoms with van der Waals surface area (Å²) in [6, 6.07) is 2.10. The number of nitrogens with one attached hydrogen (secondary N) is 1. The van der Waals surface area contributed by atoms with Gasteiger partial charge in [-0.25, -0.2) is 9.59 Å². The normalized spacial score (nSPS) is 31.9. The monoisotopic (exact) mass is 488 g/mol. The number of likely N-dealkylation sites (N-methyl/N-ethyl adjacent to an activating group) is 1. The molecule has 188 valence electrons. The van der Waals surface area contributed by atoms with E-state index in [4.69, 9.17) is 14.6 Å². The van der Waals surface area contributed by atoms with Gasteiger partial charge in [-0.05, 0) is 51.1 Å². The van der Waals surface area contributed by atoms with Gasteiger partial charge in [-0.15, -0.1) is 0 Å². The Morgan fingerprint density at radius 1 is 1.34 bits per heavy atom. The smallest absolute Gasteiger partial charge is 0.333 e. The Bertz CT molecular complexity index is 1150. The summed E-state index contributed by atoms with van der Waals surface area (Å²) in [4.78, 5) is 37.7. The van der Waals surface area contributed by atoms with E-state index in [1.165, 1.54) is 6.92 Å². The first-order chi connectivity index (χ1) is 16.5. The van der Waals surface area contributed by atoms with E-state index in [-0.39, 0.29) is 24.0 Å². The zero-order chi connectivity index (χ0) is 25.3. The van der Waals surface area contributed by atoms with Crippen LogP contribution in [0, 0.1) is 0 Å². The molecule has 4 aliphatic rings. The first-order valence-electron chi connectivity index (χ1n) is 11.6. The van der Waals surface area contributed by atoms with Crippen LogP contribution < -0.4 is 10.1 Å². The predicted molar refractivity (Wildman–Crippen MR) is 119 cm³/mol. The number of carboxylic acid groups (broad SMARTS) is 1. The molecule has 11 heteroatoms. The Balaban J connectivity index is 1.42. The molecule has 1 aromatic rings. The summed E-state index contributed by atoms with van der Waals surface area (Å²) in [5, 5.41) is 43.0. The number of phenolic OH excluding ortho intramolecular Hbond substituents is 1. The summed E-state index contributed by atoms with van der Waals surface area (Å²) < 4.78 is 11.9. The molecule has 1 saturated heterocycles. The van der Waals surface area contributed by atoms with Crippen molar-refractivity contribution in [1.82, 2.24) is 10.2 Å². The van der Waals surface area contributed by atoms with Gasteiger partial charge in [0.1, 0.15) is 11.8 Å². The van der Waals surface area contributed by atoms with Crippen molar-refractivity contribution in [3.63, 3.8) is 0 Å². The first-order valence-corrected chi connectivity index (χ1v) is 11.6. The quantitative estimate of drug-likeness (QED) is 0.331. The van der Waals surface area contributed by atoms with Gasteiger partial charge in [0.05, 0.1) is 17.4 Å². The number of ether oxygens (including phenoxy) is 2. The van der Waals surface area contributed by atoms with Crippen LogP contribution in [0.2, 0.25) is 0 Å². The largest absolute Gasteiger partial charge is 0.504 e. The maximum Gasteiger partial charge on any atom is 0.333 e. The molecule has 2 aliphatic heterocycles. The fourth-order valence-corrected chi connectivity index (χ4v) is 6.26. The third kappa shape index (κ3) is 3.25. The molecule has 5 N–H and O–H groups in total. The number of piperidine rings is 1. The minimum atomic E-state index is -1.88. The van der Waals surface area contributed by atoms with Crippen LogP contribution in [0.4, 0.5) is 0 Å². The Morgan fingerprint density at radius 3 is 2.80 bits per heavy atom. The predicted octanol–water partition coefficient (Wildman–Crippen LogP) is -0.447. The topological polar surface area (TPSA) is 166 Å². The zero-order valence-corrected chi connectivity index (χ0v) is 19.4. The number of hydrogen-bond acceptors (Lipinski definition) is 9. The van der Waals surface area contributed by atoms with Crippen LogP contribution in [-0.4, -0.2) is 86.7 Å². The molecular formula is C24H28N2O9. The number of carboxylic acids is 1. The van der Waals surface area contributed by atoms with E-state index in [1.807, 2.05) is 13.1 Å². The van der Waals surface area contributed by atoms with Crippen LogP contribution in [0.5, 0.6) is 11.5 Å². The standard InChI is InChI=1S/C24H28N2O9/c1-11(25-17(29)10-14(28)21(30)31)22(32)34-15-5-6-24(33)16-9-12-3-4-13(27)19-18(12)23(24,20(15)35-19)7-8-26(16)2/h3-5,11,14,16,20,27-28,33H,6-10H2,1-2H3,(H,25,29)(H,30,31)/t11-,14-,16+,20?,23?,24+/m0/s1. The van der Waals surface area contributed by atoms with Crippen molar-refractivity contribution in [2.24, 2.45) is 0 Å². The fraction of sp³-hybridized carbons (Fsp3) is 0.542. The average molecular weight is 488 g/mol. The van der Waals surface area contributed by atoms with Gasteiger partial charge in [0.2, 0.25) is 5.91 Å². The highest BCUT2D eigenvalue weighted by Crippen LogP contribution is 2.65. The number of aliphatic hydroxyl groups is 2. The van der Waals surface area contributed by atoms with Crippen LogP contribution in [0.25, 0.3) is 0 Å². The summed E-state index contributed by atoms with van der Waals surface area (Å²) in [6.45, 7) is 2.06. The molecule has 1 spiro atoms. The second kappa shape index (κ2) is 7.94. The molecule has 0 radical (unpaired) electrons. The molecule has 5 rings (SSSR count). The van der Waals surface area contributed by atoms with Crippen molar-refractivity contribution in [1.29, 1.82) is 0 Å². The summed E-state index contributed by atoms with van der Waals surface area (Å²) in [6.07, 6.45) is -0.467. The van der Waals surface area contributed by atoms with E-state index >= 15 is 0 Å². The van der Waals surface area contributed by atoms with Crippen LogP contribution >= 0.6 is 0 Å². The Kier molecular flexibility index (Phi) is 5.35. The lowest BCUT2D eigenvalue weighted by atomic mass is 9.50. The maximum atomic E-state index is 12.8. The molecule has 6 atom stereocenters. The summed E-state index contributed by atoms with van der Waals surface area (Å²) >= 11 is 0. The number of amides is 1. The van der Waals surface area contributed by atoms with Crippen LogP contribution in [0.3, 0.4) is 0 Å². The van der Waals surface area contributed by atoms with Crippen molar-refractivity contribution in [3.05, 3.63) is 35.1 Å². The van der Waals surface area contributed by atoms with Crippen molar-refractivity contribution < 1.29 is 44.3 Å². The number of nitrogens with zero attached hydrogens (tertiary/aromatic N) is 1. The van der Waals surface area contributed by atoms with E-state index < -0.39 is 53.5 Å². The zero-order valence-electron chi connectivity index (χ0n) is 19.4. The first kappa shape index (κ1) is 23.6. The molecule has 1 fully saturated rings. The van der Waals surface area contributed by atoms with E-state index in [9.17, 15) is 29.7 Å². The molecule has 35 heavy (non-hydrogen) atoms. The van der Waals surface area contributed by atoms with Gasteiger partial charge in [0.15, 0.2) is 23.7 Å². The van der Waals surface area contributed by atoms with Gasteiger partial charge in [0.25, 0.3) is 0 Å². The summed E-state index contributed by atoms with van der Waals surface area (Å²) in [5.41, 5.74) is -0.361. The molecule has 2 bridgehead atoms. The second-order valence-corrected chi connectivity index (χ2v) is 9.87. The number of likely N-dealkylation sites (tertiary alicyclic amines) is 1. The molecule has 1 aromatic carbocycles. The highest BCUT2D eigenvalue weighted by atomic mass is 16.6. The van der Waals surface area contributed by atoms with E-state index in [1.54, 1.807) is 12.1 Å². The number of rotatable bonds is 6. The lowest BCUT2D eigenvalue weighted by Gasteiger charge is -2.61. The molecule has 0 saturated carbocycles. The third-order valence-corrected chi connectivity index (χ3v) is 7.97. The number of aromatic hydroxyl groups is 1. The van der Waals surface area contributed by atoms with Gasteiger partial charge < -0.3 is 40.1 Å². The van der Waals surface area contributed by atoms with Crippen molar-refractivity contribution in [2.75, 3.05) is 13.6 Å². The number of benzene rings is 1. The van der Waals surface area contributed by atoms with Gasteiger partial charge in [-0.1, -0.05) is 6.07 Å². The minimum Gasteiger partial charge on any atom is -0.504 e.